The summed E-state index contributed by atoms with van der Waals surface area (Å²) in [6.45, 7) is 0. The number of nitrogens with zero attached hydrogens (tertiary/aromatic N) is 1. The van der Waals surface area contributed by atoms with Crippen LogP contribution in [0.2, 0.25) is 5.02 Å². The molecule has 3 aromatic carbocycles. The van der Waals surface area contributed by atoms with Gasteiger partial charge in [0.1, 0.15) is 10.5 Å². The van der Waals surface area contributed by atoms with E-state index < -0.39 is 28.0 Å². The number of para-hydroxylation sites is 1. The largest absolute Gasteiger partial charge is 0.377 e. The zero-order valence-corrected chi connectivity index (χ0v) is 22.1. The predicted octanol–water partition coefficient (Wildman–Crippen LogP) is 5.30. The molecule has 4 rings (SSSR count). The summed E-state index contributed by atoms with van der Waals surface area (Å²) in [5, 5.41) is 2.27. The Balaban J connectivity index is 1.69. The molecule has 1 saturated heterocycles. The van der Waals surface area contributed by atoms with Crippen LogP contribution in [0, 0.1) is 0 Å². The van der Waals surface area contributed by atoms with Gasteiger partial charge in [0.05, 0.1) is 19.7 Å². The number of hydrogen-bond donors (Lipinski definition) is 1. The van der Waals surface area contributed by atoms with E-state index in [1.54, 1.807) is 30.3 Å². The van der Waals surface area contributed by atoms with E-state index in [0.717, 1.165) is 4.90 Å². The van der Waals surface area contributed by atoms with Gasteiger partial charge in [0.15, 0.2) is 5.75 Å². The molecule has 3 aromatic rings. The molecule has 1 aliphatic rings. The summed E-state index contributed by atoms with van der Waals surface area (Å²) in [6, 6.07) is 15.8. The van der Waals surface area contributed by atoms with Crippen molar-refractivity contribution in [3.05, 3.63) is 91.8 Å². The molecule has 0 aliphatic carbocycles. The molecule has 1 heterocycles. The van der Waals surface area contributed by atoms with Gasteiger partial charge in [-0.1, -0.05) is 41.9 Å². The maximum atomic E-state index is 13.1. The van der Waals surface area contributed by atoms with Gasteiger partial charge in [-0.25, -0.2) is 9.69 Å². The molecule has 1 N–H and O–H groups in total. The van der Waals surface area contributed by atoms with Crippen LogP contribution >= 0.6 is 43.5 Å². The molecule has 0 aromatic heterocycles. The van der Waals surface area contributed by atoms with Gasteiger partial charge in [0, 0.05) is 0 Å². The Morgan fingerprint density at radius 2 is 1.51 bits per heavy atom. The summed E-state index contributed by atoms with van der Waals surface area (Å²) in [5.74, 6) is -1.78. The number of amides is 4. The van der Waals surface area contributed by atoms with E-state index in [1.807, 2.05) is 0 Å². The van der Waals surface area contributed by atoms with E-state index >= 15 is 0 Å². The van der Waals surface area contributed by atoms with Crippen LogP contribution in [0.1, 0.15) is 5.56 Å². The molecule has 1 fully saturated rings. The average molecular weight is 641 g/mol. The van der Waals surface area contributed by atoms with Gasteiger partial charge in [-0.2, -0.15) is 8.42 Å². The summed E-state index contributed by atoms with van der Waals surface area (Å²) in [6.07, 6.45) is 1.26. The number of rotatable bonds is 5. The molecule has 1 aliphatic heterocycles. The number of halogens is 3. The lowest BCUT2D eigenvalue weighted by Gasteiger charge is -2.27. The number of imide groups is 2. The SMILES string of the molecule is O=C1NC(=O)N(c2ccccc2Cl)C(=O)/C1=C/c1cc(Br)c(OS(=O)(=O)c2ccccc2)c(Br)c1. The third-order valence-corrected chi connectivity index (χ3v) is 7.48. The highest BCUT2D eigenvalue weighted by molar-refractivity contribution is 9.11. The van der Waals surface area contributed by atoms with Crippen LogP contribution in [0.25, 0.3) is 6.08 Å². The number of urea groups is 1. The molecular weight excluding hydrogens is 628 g/mol. The quantitative estimate of drug-likeness (QED) is 0.230. The summed E-state index contributed by atoms with van der Waals surface area (Å²) in [5.41, 5.74) is 0.140. The normalized spacial score (nSPS) is 15.3. The summed E-state index contributed by atoms with van der Waals surface area (Å²) >= 11 is 12.7. The highest BCUT2D eigenvalue weighted by Crippen LogP contribution is 2.37. The van der Waals surface area contributed by atoms with Crippen molar-refractivity contribution in [2.24, 2.45) is 0 Å². The lowest BCUT2D eigenvalue weighted by Crippen LogP contribution is -2.54. The van der Waals surface area contributed by atoms with Crippen LogP contribution in [0.3, 0.4) is 0 Å². The van der Waals surface area contributed by atoms with E-state index in [2.05, 4.69) is 37.2 Å². The molecule has 178 valence electrons. The zero-order valence-electron chi connectivity index (χ0n) is 17.4. The number of benzene rings is 3. The van der Waals surface area contributed by atoms with Crippen LogP contribution in [0.4, 0.5) is 10.5 Å². The Hall–Kier alpha value is -2.99. The van der Waals surface area contributed by atoms with Gasteiger partial charge in [-0.3, -0.25) is 14.9 Å². The molecule has 0 bridgehead atoms. The Labute approximate surface area is 221 Å². The van der Waals surface area contributed by atoms with E-state index in [1.165, 1.54) is 42.5 Å². The van der Waals surface area contributed by atoms with E-state index in [9.17, 15) is 22.8 Å². The topological polar surface area (TPSA) is 110 Å². The maximum Gasteiger partial charge on any atom is 0.339 e. The van der Waals surface area contributed by atoms with Gasteiger partial charge in [-0.05, 0) is 79.9 Å². The summed E-state index contributed by atoms with van der Waals surface area (Å²) < 4.78 is 31.0. The fourth-order valence-corrected chi connectivity index (χ4v) is 5.97. The lowest BCUT2D eigenvalue weighted by atomic mass is 10.1. The molecular formula is C23H13Br2ClN2O6S. The first kappa shape index (κ1) is 25.1. The van der Waals surface area contributed by atoms with Gasteiger partial charge in [0.2, 0.25) is 0 Å². The molecule has 0 spiro atoms. The minimum atomic E-state index is -4.11. The fraction of sp³-hybridized carbons (Fsp3) is 0. The number of anilines is 1. The Morgan fingerprint density at radius 1 is 0.914 bits per heavy atom. The maximum absolute atomic E-state index is 13.1. The summed E-state index contributed by atoms with van der Waals surface area (Å²) in [4.78, 5) is 38.6. The first-order chi connectivity index (χ1) is 16.6. The number of carbonyl (C=O) groups excluding carboxylic acids is 3. The smallest absolute Gasteiger partial charge is 0.339 e. The van der Waals surface area contributed by atoms with Crippen molar-refractivity contribution < 1.29 is 27.0 Å². The Kier molecular flexibility index (Phi) is 7.13. The van der Waals surface area contributed by atoms with Crippen molar-refractivity contribution in [3.8, 4) is 5.75 Å². The summed E-state index contributed by atoms with van der Waals surface area (Å²) in [7, 11) is -4.11. The molecule has 8 nitrogen and oxygen atoms in total. The second-order valence-electron chi connectivity index (χ2n) is 7.07. The third kappa shape index (κ3) is 5.18. The molecule has 4 amide bonds. The first-order valence-electron chi connectivity index (χ1n) is 9.73. The van der Waals surface area contributed by atoms with Crippen molar-refractivity contribution in [2.75, 3.05) is 4.90 Å². The van der Waals surface area contributed by atoms with Gasteiger partial charge in [-0.15, -0.1) is 0 Å². The molecule has 0 atom stereocenters. The zero-order chi connectivity index (χ0) is 25.3. The fourth-order valence-electron chi connectivity index (χ4n) is 3.16. The van der Waals surface area contributed by atoms with Crippen molar-refractivity contribution in [1.82, 2.24) is 5.32 Å². The van der Waals surface area contributed by atoms with E-state index in [4.69, 9.17) is 15.8 Å². The second kappa shape index (κ2) is 9.94. The molecule has 12 heteroatoms. The van der Waals surface area contributed by atoms with Gasteiger partial charge < -0.3 is 4.18 Å². The third-order valence-electron chi connectivity index (χ3n) is 4.75. The Morgan fingerprint density at radius 3 is 2.14 bits per heavy atom. The van der Waals surface area contributed by atoms with E-state index in [0.29, 0.717) is 5.56 Å². The monoisotopic (exact) mass is 638 g/mol. The van der Waals surface area contributed by atoms with Crippen molar-refractivity contribution >= 4 is 83.2 Å². The van der Waals surface area contributed by atoms with Crippen LogP contribution in [0.15, 0.2) is 86.1 Å². The highest BCUT2D eigenvalue weighted by atomic mass is 79.9. The number of carbonyl (C=O) groups is 3. The second-order valence-corrected chi connectivity index (χ2v) is 10.7. The minimum Gasteiger partial charge on any atom is -0.377 e. The molecule has 35 heavy (non-hydrogen) atoms. The van der Waals surface area contributed by atoms with E-state index in [-0.39, 0.29) is 35.9 Å². The lowest BCUT2D eigenvalue weighted by molar-refractivity contribution is -0.122. The first-order valence-corrected chi connectivity index (χ1v) is 13.1. The number of hydrogen-bond acceptors (Lipinski definition) is 6. The number of nitrogens with one attached hydrogen (secondary N) is 1. The highest BCUT2D eigenvalue weighted by Gasteiger charge is 2.37. The van der Waals surface area contributed by atoms with Gasteiger partial charge >= 0.3 is 16.1 Å². The van der Waals surface area contributed by atoms with Gasteiger partial charge in [0.25, 0.3) is 11.8 Å². The number of barbiturate groups is 1. The minimum absolute atomic E-state index is 0.0247. The molecule has 0 radical (unpaired) electrons. The van der Waals surface area contributed by atoms with Crippen molar-refractivity contribution in [2.45, 2.75) is 4.90 Å². The Bertz CT molecular complexity index is 1490. The standard InChI is InChI=1S/C23H13Br2ClN2O6S/c24-16-11-13(12-17(25)20(16)34-35(32,33)14-6-2-1-3-7-14)10-15-21(29)27-23(31)28(22(15)30)19-9-5-4-8-18(19)26/h1-12H,(H,27,29,31)/b15-10+. The molecule has 0 saturated carbocycles. The average Bonchev–Trinajstić information content (AvgIpc) is 2.81. The van der Waals surface area contributed by atoms with Crippen molar-refractivity contribution in [1.29, 1.82) is 0 Å². The van der Waals surface area contributed by atoms with Crippen LogP contribution in [-0.2, 0) is 19.7 Å². The van der Waals surface area contributed by atoms with Crippen LogP contribution < -0.4 is 14.4 Å². The van der Waals surface area contributed by atoms with Crippen LogP contribution in [-0.4, -0.2) is 26.3 Å². The van der Waals surface area contributed by atoms with Crippen molar-refractivity contribution in [3.63, 3.8) is 0 Å². The van der Waals surface area contributed by atoms with Crippen LogP contribution in [0.5, 0.6) is 5.75 Å². The predicted molar refractivity (Wildman–Crippen MR) is 137 cm³/mol. The molecule has 0 unspecified atom stereocenters.